The first-order valence-corrected chi connectivity index (χ1v) is 13.2. The van der Waals surface area contributed by atoms with Gasteiger partial charge in [-0.3, -0.25) is 0 Å². The fourth-order valence-corrected chi connectivity index (χ4v) is 3.82. The van der Waals surface area contributed by atoms with Crippen LogP contribution in [0.4, 0.5) is 0 Å². The Balaban J connectivity index is 2.03. The Morgan fingerprint density at radius 3 is 2.32 bits per heavy atom. The summed E-state index contributed by atoms with van der Waals surface area (Å²) < 4.78 is 18.8. The summed E-state index contributed by atoms with van der Waals surface area (Å²) in [4.78, 5) is 4.47. The van der Waals surface area contributed by atoms with Crippen molar-refractivity contribution in [2.24, 2.45) is 0 Å². The monoisotopic (exact) mass is 419 g/mol. The van der Waals surface area contributed by atoms with Gasteiger partial charge in [-0.15, -0.1) is 0 Å². The predicted octanol–water partition coefficient (Wildman–Crippen LogP) is 5.08. The molecule has 8 heteroatoms. The van der Waals surface area contributed by atoms with Crippen molar-refractivity contribution < 1.29 is 14.2 Å². The summed E-state index contributed by atoms with van der Waals surface area (Å²) in [5.41, 5.74) is 2.17. The standard InChI is InChI=1S/C20H26ClN3O3Si/c1-25-15-7-6-8-16(26-2)18(15)19-14-9-10-17(21)22-20(14)24(23-19)13-27-11-12-28(3,4)5/h6-10H,11-13H2,1-5H3. The molecule has 0 N–H and O–H groups in total. The molecule has 0 aliphatic carbocycles. The van der Waals surface area contributed by atoms with Crippen molar-refractivity contribution in [2.45, 2.75) is 32.4 Å². The number of halogens is 1. The van der Waals surface area contributed by atoms with Crippen LogP contribution >= 0.6 is 11.6 Å². The number of pyridine rings is 1. The number of nitrogens with zero attached hydrogens (tertiary/aromatic N) is 3. The highest BCUT2D eigenvalue weighted by atomic mass is 35.5. The van der Waals surface area contributed by atoms with Gasteiger partial charge in [0, 0.05) is 20.1 Å². The van der Waals surface area contributed by atoms with Crippen LogP contribution < -0.4 is 9.47 Å². The second-order valence-corrected chi connectivity index (χ2v) is 13.7. The second kappa shape index (κ2) is 8.51. The molecule has 3 rings (SSSR count). The molecule has 0 saturated heterocycles. The summed E-state index contributed by atoms with van der Waals surface area (Å²) in [5.74, 6) is 1.36. The Bertz CT molecular complexity index is 947. The number of fused-ring (bicyclic) bond motifs is 1. The first kappa shape index (κ1) is 20.6. The zero-order chi connectivity index (χ0) is 20.3. The van der Waals surface area contributed by atoms with Gasteiger partial charge in [0.25, 0.3) is 0 Å². The van der Waals surface area contributed by atoms with Crippen molar-refractivity contribution in [3.05, 3.63) is 35.5 Å². The molecule has 0 aliphatic rings. The third kappa shape index (κ3) is 4.48. The molecule has 0 unspecified atom stereocenters. The number of rotatable bonds is 8. The van der Waals surface area contributed by atoms with E-state index in [9.17, 15) is 0 Å². The Morgan fingerprint density at radius 1 is 1.04 bits per heavy atom. The summed E-state index contributed by atoms with van der Waals surface area (Å²) in [6.45, 7) is 7.99. The van der Waals surface area contributed by atoms with Gasteiger partial charge >= 0.3 is 0 Å². The summed E-state index contributed by atoms with van der Waals surface area (Å²) in [6, 6.07) is 10.4. The fourth-order valence-electron chi connectivity index (χ4n) is 2.92. The number of ether oxygens (including phenoxy) is 3. The van der Waals surface area contributed by atoms with Crippen molar-refractivity contribution >= 4 is 30.7 Å². The van der Waals surface area contributed by atoms with E-state index >= 15 is 0 Å². The Morgan fingerprint density at radius 2 is 1.71 bits per heavy atom. The number of aromatic nitrogens is 3. The van der Waals surface area contributed by atoms with Gasteiger partial charge in [-0.05, 0) is 30.3 Å². The van der Waals surface area contributed by atoms with E-state index < -0.39 is 8.07 Å². The van der Waals surface area contributed by atoms with Crippen LogP contribution in [0.15, 0.2) is 30.3 Å². The molecular weight excluding hydrogens is 394 g/mol. The average molecular weight is 420 g/mol. The van der Waals surface area contributed by atoms with Gasteiger partial charge in [0.05, 0.1) is 19.8 Å². The molecule has 2 aromatic heterocycles. The van der Waals surface area contributed by atoms with Crippen molar-refractivity contribution in [2.75, 3.05) is 20.8 Å². The molecule has 1 aromatic carbocycles. The van der Waals surface area contributed by atoms with Gasteiger partial charge in [0.15, 0.2) is 5.65 Å². The van der Waals surface area contributed by atoms with Gasteiger partial charge in [0.2, 0.25) is 0 Å². The summed E-state index contributed by atoms with van der Waals surface area (Å²) >= 11 is 6.15. The first-order chi connectivity index (χ1) is 13.3. The maximum absolute atomic E-state index is 6.15. The van der Waals surface area contributed by atoms with E-state index in [0.29, 0.717) is 35.6 Å². The van der Waals surface area contributed by atoms with Crippen LogP contribution in [0.5, 0.6) is 11.5 Å². The SMILES string of the molecule is COc1cccc(OC)c1-c1nn(COCC[Si](C)(C)C)c2nc(Cl)ccc12. The van der Waals surface area contributed by atoms with Crippen molar-refractivity contribution in [3.63, 3.8) is 0 Å². The lowest BCUT2D eigenvalue weighted by Crippen LogP contribution is -2.22. The molecule has 0 atom stereocenters. The molecule has 0 amide bonds. The van der Waals surface area contributed by atoms with Gasteiger partial charge in [-0.2, -0.15) is 5.10 Å². The Hall–Kier alpha value is -2.09. The lowest BCUT2D eigenvalue weighted by molar-refractivity contribution is 0.0814. The normalized spacial score (nSPS) is 11.8. The number of hydrogen-bond donors (Lipinski definition) is 0. The third-order valence-electron chi connectivity index (χ3n) is 4.44. The molecule has 0 bridgehead atoms. The molecule has 28 heavy (non-hydrogen) atoms. The zero-order valence-corrected chi connectivity index (χ0v) is 18.7. The number of benzene rings is 1. The van der Waals surface area contributed by atoms with Crippen LogP contribution in [0.2, 0.25) is 30.8 Å². The lowest BCUT2D eigenvalue weighted by Gasteiger charge is -2.15. The largest absolute Gasteiger partial charge is 0.496 e. The van der Waals surface area contributed by atoms with E-state index in [0.717, 1.165) is 22.7 Å². The lowest BCUT2D eigenvalue weighted by atomic mass is 10.1. The Kier molecular flexibility index (Phi) is 6.27. The summed E-state index contributed by atoms with van der Waals surface area (Å²) in [6.07, 6.45) is 0. The highest BCUT2D eigenvalue weighted by Gasteiger charge is 2.21. The van der Waals surface area contributed by atoms with Crippen LogP contribution in [0, 0.1) is 0 Å². The number of methoxy groups -OCH3 is 2. The first-order valence-electron chi connectivity index (χ1n) is 9.16. The van der Waals surface area contributed by atoms with E-state index in [1.54, 1.807) is 25.0 Å². The quantitative estimate of drug-likeness (QED) is 0.289. The van der Waals surface area contributed by atoms with E-state index in [4.69, 9.17) is 30.9 Å². The maximum Gasteiger partial charge on any atom is 0.162 e. The minimum absolute atomic E-state index is 0.311. The van der Waals surface area contributed by atoms with Crippen LogP contribution in [0.1, 0.15) is 0 Å². The average Bonchev–Trinajstić information content (AvgIpc) is 3.01. The van der Waals surface area contributed by atoms with Gasteiger partial charge in [-0.1, -0.05) is 37.3 Å². The minimum atomic E-state index is -1.15. The van der Waals surface area contributed by atoms with E-state index in [2.05, 4.69) is 24.6 Å². The van der Waals surface area contributed by atoms with Crippen molar-refractivity contribution in [3.8, 4) is 22.8 Å². The second-order valence-electron chi connectivity index (χ2n) is 7.74. The molecular formula is C20H26ClN3O3Si. The fraction of sp³-hybridized carbons (Fsp3) is 0.400. The molecule has 0 fully saturated rings. The minimum Gasteiger partial charge on any atom is -0.496 e. The van der Waals surface area contributed by atoms with Gasteiger partial charge in [-0.25, -0.2) is 9.67 Å². The van der Waals surface area contributed by atoms with Crippen LogP contribution in [0.3, 0.4) is 0 Å². The van der Waals surface area contributed by atoms with Gasteiger partial charge < -0.3 is 14.2 Å². The topological polar surface area (TPSA) is 58.4 Å². The molecule has 0 spiro atoms. The molecule has 6 nitrogen and oxygen atoms in total. The summed E-state index contributed by atoms with van der Waals surface area (Å²) in [7, 11) is 2.11. The molecule has 0 aliphatic heterocycles. The predicted molar refractivity (Wildman–Crippen MR) is 115 cm³/mol. The van der Waals surface area contributed by atoms with Crippen LogP contribution in [0.25, 0.3) is 22.3 Å². The van der Waals surface area contributed by atoms with Crippen LogP contribution in [-0.2, 0) is 11.5 Å². The highest BCUT2D eigenvalue weighted by molar-refractivity contribution is 6.76. The molecule has 150 valence electrons. The Labute approximate surface area is 171 Å². The van der Waals surface area contributed by atoms with Crippen molar-refractivity contribution in [1.29, 1.82) is 0 Å². The molecule has 3 aromatic rings. The maximum atomic E-state index is 6.15. The molecule has 0 radical (unpaired) electrons. The highest BCUT2D eigenvalue weighted by Crippen LogP contribution is 2.40. The smallest absolute Gasteiger partial charge is 0.162 e. The molecule has 2 heterocycles. The van der Waals surface area contributed by atoms with Crippen molar-refractivity contribution in [1.82, 2.24) is 14.8 Å². The summed E-state index contributed by atoms with van der Waals surface area (Å²) in [5, 5.41) is 6.05. The number of hydrogen-bond acceptors (Lipinski definition) is 5. The molecule has 0 saturated carbocycles. The van der Waals surface area contributed by atoms with E-state index in [-0.39, 0.29) is 0 Å². The third-order valence-corrected chi connectivity index (χ3v) is 6.35. The van der Waals surface area contributed by atoms with E-state index in [1.807, 2.05) is 24.3 Å². The van der Waals surface area contributed by atoms with E-state index in [1.165, 1.54) is 0 Å². The zero-order valence-electron chi connectivity index (χ0n) is 17.0. The van der Waals surface area contributed by atoms with Gasteiger partial charge in [0.1, 0.15) is 29.1 Å². The van der Waals surface area contributed by atoms with Crippen LogP contribution in [-0.4, -0.2) is 43.7 Å².